The number of carbonyl (C=O) groups is 3. The molecule has 0 aromatic heterocycles. The zero-order chi connectivity index (χ0) is 105. The lowest BCUT2D eigenvalue weighted by atomic mass is 9.89. The van der Waals surface area contributed by atoms with Gasteiger partial charge in [0, 0.05) is 12.8 Å². The minimum atomic E-state index is -3.74. The summed E-state index contributed by atoms with van der Waals surface area (Å²) in [5, 5.41) is 457. The molecular weight excluding hydrogens is 1950 g/mol. The molecule has 10 aliphatic rings. The Labute approximate surface area is 792 Å². The maximum Gasteiger partial charge on any atom is 0.364 e. The van der Waals surface area contributed by atoms with Gasteiger partial charge in [-0.1, -0.05) is 0 Å². The minimum Gasteiger partial charge on any atom is -0.479 e. The first-order valence-electron chi connectivity index (χ1n) is 43.8. The van der Waals surface area contributed by atoms with Crippen molar-refractivity contribution in [1.82, 2.24) is 0 Å². The summed E-state index contributed by atoms with van der Waals surface area (Å²) in [6.07, 6.45) is -145. The van der Waals surface area contributed by atoms with Crippen LogP contribution in [0.3, 0.4) is 0 Å². The molecule has 10 rings (SSSR count). The third kappa shape index (κ3) is 25.6. The quantitative estimate of drug-likeness (QED) is 0.0269. The van der Waals surface area contributed by atoms with Gasteiger partial charge < -0.3 is 316 Å². The van der Waals surface area contributed by atoms with E-state index in [1.165, 1.54) is 0 Å². The second-order valence-corrected chi connectivity index (χ2v) is 35.2. The van der Waals surface area contributed by atoms with Gasteiger partial charge in [-0.3, -0.25) is 0 Å². The van der Waals surface area contributed by atoms with E-state index in [0.717, 1.165) is 0 Å². The van der Waals surface area contributed by atoms with Crippen LogP contribution in [-0.2, 0) is 109 Å². The van der Waals surface area contributed by atoms with Crippen LogP contribution in [0, 0.1) is 0 Å². The largest absolute Gasteiger partial charge is 0.479 e. The van der Waals surface area contributed by atoms with Crippen molar-refractivity contribution in [1.29, 1.82) is 0 Å². The van der Waals surface area contributed by atoms with Gasteiger partial charge in [0.25, 0.3) is 11.6 Å². The summed E-state index contributed by atoms with van der Waals surface area (Å²) in [5.41, 5.74) is 11.7. The predicted octanol–water partition coefficient (Wildman–Crippen LogP) is -28.8. The van der Waals surface area contributed by atoms with E-state index >= 15 is 0 Å². The maximum absolute atomic E-state index is 14.2. The van der Waals surface area contributed by atoms with Crippen molar-refractivity contribution in [2.45, 2.75) is 374 Å². The van der Waals surface area contributed by atoms with Crippen molar-refractivity contribution in [3.05, 3.63) is 0 Å². The maximum atomic E-state index is 14.2. The lowest BCUT2D eigenvalue weighted by molar-refractivity contribution is -0.421. The average molecular weight is 2080 g/mol. The van der Waals surface area contributed by atoms with Gasteiger partial charge >= 0.3 is 17.9 Å². The Bertz CT molecular complexity index is 3820. The molecule has 0 aromatic rings. The second kappa shape index (κ2) is 50.8. The molecule has 10 saturated heterocycles. The summed E-state index contributed by atoms with van der Waals surface area (Å²) in [6, 6.07) is -3.43. The van der Waals surface area contributed by atoms with Crippen LogP contribution in [-0.4, -0.2) is 661 Å². The van der Waals surface area contributed by atoms with Gasteiger partial charge in [0.05, 0.1) is 103 Å². The van der Waals surface area contributed by atoms with Crippen LogP contribution in [0.1, 0.15) is 12.8 Å². The number of hydrogen-bond acceptors (Lipinski definition) is 63. The Balaban J connectivity index is 1.10. The molecule has 0 saturated carbocycles. The van der Waals surface area contributed by atoms with Gasteiger partial charge in [0.1, 0.15) is 262 Å². The van der Waals surface area contributed by atoms with Crippen LogP contribution < -0.4 is 11.5 Å². The van der Waals surface area contributed by atoms with E-state index < -0.39 is 464 Å². The topological polar surface area (TPSA) is 1120 Å². The van der Waals surface area contributed by atoms with Gasteiger partial charge in [0.15, 0.2) is 56.4 Å². The molecular formula is C75H128N2O64. The van der Waals surface area contributed by atoms with Gasteiger partial charge in [-0.15, -0.1) is 0 Å². The standard InChI is InChI=1S/C75H128N2O64/c76-14(3-78)28(95)29(96)22(93)11-122-64-27(77)33(100)32(99)26(126-64)13-124-74(72(118)119)2-24(139-75(73(120)121)1-15(86)30(97)53(140-75)19(90)7-82)56(55(141-74)21(92)9-84)132-69-48(115)58(62(54(131-69)20(91)8-83)138-66-44(111)34(101)31(98)25(10-85)125-66)134-68-47(114)57(46(113)52(129-68)23(94)12-123-65-43(110)35(102)37(104)49(127-65)16(87)4-79)133-71-61(42(109)40(107)59(135-71)63(116)117)137-70-60(41(108)39(106)51(130-70)18(89)6-81)136-67-45(112)36(103)38(105)50(128-67)17(88)5-80/h14-62,64-71,78-115H,1-13,76-77H2,(H,116,117)(H,118,119)(H,120,121)/t14-,15+,16-,17-,18+,19+,20-,21+,22+,23-,24+,25+,26+,27+,28+,29+,30+,31+,32+,33+,34-,35-,36-,37-,38-,39-,40+,41-,42-,43-,44+,45-,46+,47-,48-,49+,50+,51+,52+,53+,54+,55+,56+,57-,58+,59-,60-,61+,62+,64+,65-,66-,67+,68+,69+,70+,71-,74+,75+/m0/s1. The molecule has 66 heteroatoms. The normalized spacial score (nSPS) is 47.3. The predicted molar refractivity (Wildman–Crippen MR) is 421 cm³/mol. The fourth-order valence-electron chi connectivity index (χ4n) is 17.3. The highest BCUT2D eigenvalue weighted by Gasteiger charge is 2.67. The number of aliphatic carboxylic acids is 3. The fourth-order valence-corrected chi connectivity index (χ4v) is 17.3. The number of aliphatic hydroxyl groups excluding tert-OH is 38. The van der Waals surface area contributed by atoms with Crippen molar-refractivity contribution in [2.24, 2.45) is 11.5 Å². The Hall–Kier alpha value is -3.99. The lowest BCUT2D eigenvalue weighted by Crippen LogP contribution is -2.71. The fraction of sp³-hybridized carbons (Fsp3) is 0.960. The number of carboxylic acids is 3. The van der Waals surface area contributed by atoms with E-state index in [1.54, 1.807) is 0 Å². The molecule has 822 valence electrons. The summed E-state index contributed by atoms with van der Waals surface area (Å²) in [4.78, 5) is 41.4. The first-order valence-corrected chi connectivity index (χ1v) is 43.8. The summed E-state index contributed by atoms with van der Waals surface area (Å²) in [6.45, 7) is -15.1. The monoisotopic (exact) mass is 2080 g/mol. The highest BCUT2D eigenvalue weighted by atomic mass is 16.8. The molecule has 0 radical (unpaired) electrons. The lowest BCUT2D eigenvalue weighted by Gasteiger charge is -2.53. The first-order chi connectivity index (χ1) is 66.2. The highest BCUT2D eigenvalue weighted by Crippen LogP contribution is 2.46. The zero-order valence-corrected chi connectivity index (χ0v) is 73.5. The smallest absolute Gasteiger partial charge is 0.364 e. The Morgan fingerprint density at radius 3 is 1.23 bits per heavy atom. The van der Waals surface area contributed by atoms with Crippen LogP contribution in [0.25, 0.3) is 0 Å². The van der Waals surface area contributed by atoms with Gasteiger partial charge in [-0.05, 0) is 0 Å². The number of carboxylic acid groups (broad SMARTS) is 3. The Kier molecular flexibility index (Phi) is 42.8. The van der Waals surface area contributed by atoms with Gasteiger partial charge in [0.2, 0.25) is 0 Å². The Morgan fingerprint density at radius 2 is 0.709 bits per heavy atom. The summed E-state index contributed by atoms with van der Waals surface area (Å²) in [5.74, 6) is -14.6. The average Bonchev–Trinajstić information content (AvgIpc) is 0.716. The van der Waals surface area contributed by atoms with Crippen molar-refractivity contribution >= 4 is 17.9 Å². The zero-order valence-electron chi connectivity index (χ0n) is 73.5. The third-order valence-corrected chi connectivity index (χ3v) is 25.6. The molecule has 10 heterocycles. The SMILES string of the molecule is N[C@H]1[C@H](OC[C@@H](O)[C@@H](O)[C@H](O)[C@@H](N)CO)O[C@H](CO[C@]2(C(=O)O)C[C@@H](O[C@]3(C(=O)O)C[C@@H](O)[C@@H](O)[C@@H]([C@H](O)CO)O3)[C@@H](O[C@H]3O[C@H]([C@@H](O)CO)[C@@H](O[C@@H]4O[C@H](CO)[C@@H](O)[C@H](O)[C@H]4O)[C@H](O[C@H]4O[C@H]([C@@H](O)CO[C@H]5O[C@H]([C@@H](O)CO)[C@@H](O)[C@H](O)[C@@H]5O)[C@@H](O)[C@H](O[C@H]5O[C@H](C(=O)O)[C@H](O)[C@H](O)[C@H]5O[C@H]5O[C@H]([C@H](O)CO)[C@@H](O)[C@H](O)[C@@H]5O[C@H]5O[C@H]([C@@H](O)CO)[C@@H](O)[C@H](O)[C@@H]5O)[C@@H]4O)[C@@H]3O)[C@@H]([C@H](O)CO)O2)[C@@H](O)[C@@H]1O. The minimum absolute atomic E-state index is 0.930. The Morgan fingerprint density at radius 1 is 0.319 bits per heavy atom. The van der Waals surface area contributed by atoms with E-state index in [0.29, 0.717) is 0 Å². The van der Waals surface area contributed by atoms with Crippen molar-refractivity contribution in [3.8, 4) is 0 Å². The van der Waals surface area contributed by atoms with Crippen LogP contribution in [0.2, 0.25) is 0 Å². The molecule has 0 aromatic carbocycles. The number of hydrogen-bond donors (Lipinski definition) is 43. The van der Waals surface area contributed by atoms with E-state index in [1.807, 2.05) is 0 Å². The van der Waals surface area contributed by atoms with Crippen LogP contribution in [0.4, 0.5) is 0 Å². The number of rotatable bonds is 44. The molecule has 0 unspecified atom stereocenters. The molecule has 45 N–H and O–H groups in total. The summed E-state index contributed by atoms with van der Waals surface area (Å²) in [7, 11) is 0. The number of ether oxygens (including phenoxy) is 20. The van der Waals surface area contributed by atoms with E-state index in [9.17, 15) is 224 Å². The van der Waals surface area contributed by atoms with E-state index in [-0.39, 0.29) is 0 Å². The van der Waals surface area contributed by atoms with E-state index in [2.05, 4.69) is 0 Å². The molecule has 10 aliphatic heterocycles. The molecule has 0 amide bonds. The molecule has 0 bridgehead atoms. The molecule has 141 heavy (non-hydrogen) atoms. The van der Waals surface area contributed by atoms with Crippen LogP contribution in [0.15, 0.2) is 0 Å². The molecule has 66 nitrogen and oxygen atoms in total. The van der Waals surface area contributed by atoms with Gasteiger partial charge in [-0.2, -0.15) is 0 Å². The van der Waals surface area contributed by atoms with Crippen molar-refractivity contribution < 1.29 is 318 Å². The molecule has 59 atom stereocenters. The molecule has 0 aliphatic carbocycles. The second-order valence-electron chi connectivity index (χ2n) is 35.2. The number of nitrogens with two attached hydrogens (primary N) is 2. The van der Waals surface area contributed by atoms with Crippen molar-refractivity contribution in [3.63, 3.8) is 0 Å². The molecule has 0 spiro atoms. The highest BCUT2D eigenvalue weighted by molar-refractivity contribution is 5.77. The van der Waals surface area contributed by atoms with E-state index in [4.69, 9.17) is 106 Å². The van der Waals surface area contributed by atoms with Crippen molar-refractivity contribution in [2.75, 3.05) is 72.7 Å². The van der Waals surface area contributed by atoms with Gasteiger partial charge in [-0.25, -0.2) is 14.4 Å². The molecule has 10 fully saturated rings. The first kappa shape index (κ1) is 119. The summed E-state index contributed by atoms with van der Waals surface area (Å²) >= 11 is 0. The third-order valence-electron chi connectivity index (χ3n) is 25.6. The summed E-state index contributed by atoms with van der Waals surface area (Å²) < 4.78 is 117. The van der Waals surface area contributed by atoms with Crippen LogP contribution >= 0.6 is 0 Å². The number of aliphatic hydroxyl groups is 38. The van der Waals surface area contributed by atoms with Crippen LogP contribution in [0.5, 0.6) is 0 Å².